The lowest BCUT2D eigenvalue weighted by Crippen LogP contribution is -2.37. The van der Waals surface area contributed by atoms with Gasteiger partial charge in [-0.15, -0.1) is 0 Å². The van der Waals surface area contributed by atoms with Crippen molar-refractivity contribution in [2.45, 2.75) is 64.9 Å². The third-order valence-electron chi connectivity index (χ3n) is 7.11. The molecule has 2 N–H and O–H groups in total. The molecule has 1 fully saturated rings. The van der Waals surface area contributed by atoms with E-state index in [0.29, 0.717) is 13.1 Å². The Morgan fingerprint density at radius 3 is 2.22 bits per heavy atom. The number of aliphatic hydroxyl groups excluding tert-OH is 1. The SMILES string of the molecule is COC(=O)CNCc1ccc(CN2[C@@H](c3ncccc3C)CCC[C@H]2c2ncccc2C)c(CO)c1. The number of ether oxygens (including phenoxy) is 1. The standard InChI is InChI=1S/C29H36N4O3/c1-20-7-5-13-31-28(20)25-9-4-10-26(29-21(2)8-6-14-32-29)33(25)18-23-12-11-22(15-24(23)19-34)16-30-17-27(35)36-3/h5-8,11-15,25-26,30,34H,4,9-10,16-19H2,1-3H3/t25-,26+. The minimum absolute atomic E-state index is 0.0470. The largest absolute Gasteiger partial charge is 0.468 e. The van der Waals surface area contributed by atoms with Crippen molar-refractivity contribution in [3.8, 4) is 0 Å². The molecular weight excluding hydrogens is 452 g/mol. The topological polar surface area (TPSA) is 87.6 Å². The molecule has 190 valence electrons. The molecule has 2 aromatic heterocycles. The maximum absolute atomic E-state index is 11.4. The summed E-state index contributed by atoms with van der Waals surface area (Å²) in [6.07, 6.45) is 6.93. The average Bonchev–Trinajstić information content (AvgIpc) is 2.90. The number of rotatable bonds is 9. The smallest absolute Gasteiger partial charge is 0.319 e. The highest BCUT2D eigenvalue weighted by molar-refractivity contribution is 5.71. The van der Waals surface area contributed by atoms with Crippen LogP contribution in [0.15, 0.2) is 54.9 Å². The first-order valence-electron chi connectivity index (χ1n) is 12.6. The summed E-state index contributed by atoms with van der Waals surface area (Å²) in [5, 5.41) is 13.3. The van der Waals surface area contributed by atoms with E-state index in [-0.39, 0.29) is 31.2 Å². The zero-order chi connectivity index (χ0) is 25.5. The van der Waals surface area contributed by atoms with Crippen molar-refractivity contribution in [3.05, 3.63) is 94.1 Å². The van der Waals surface area contributed by atoms with Crippen molar-refractivity contribution >= 4 is 5.97 Å². The maximum atomic E-state index is 11.4. The van der Waals surface area contributed by atoms with Crippen LogP contribution in [0.1, 0.15) is 70.6 Å². The van der Waals surface area contributed by atoms with Gasteiger partial charge in [-0.05, 0) is 73.1 Å². The van der Waals surface area contributed by atoms with Gasteiger partial charge in [-0.1, -0.05) is 30.3 Å². The highest BCUT2D eigenvalue weighted by atomic mass is 16.5. The van der Waals surface area contributed by atoms with E-state index in [0.717, 1.165) is 47.3 Å². The molecule has 0 saturated carbocycles. The molecule has 0 unspecified atom stereocenters. The molecule has 36 heavy (non-hydrogen) atoms. The van der Waals surface area contributed by atoms with E-state index in [1.165, 1.54) is 18.2 Å². The predicted molar refractivity (Wildman–Crippen MR) is 139 cm³/mol. The number of nitrogens with one attached hydrogen (secondary N) is 1. The number of carbonyl (C=O) groups excluding carboxylic acids is 1. The van der Waals surface area contributed by atoms with Crippen LogP contribution in [0, 0.1) is 13.8 Å². The summed E-state index contributed by atoms with van der Waals surface area (Å²) in [6.45, 7) is 5.58. The summed E-state index contributed by atoms with van der Waals surface area (Å²) in [4.78, 5) is 23.5. The van der Waals surface area contributed by atoms with E-state index >= 15 is 0 Å². The number of pyridine rings is 2. The van der Waals surface area contributed by atoms with E-state index in [1.807, 2.05) is 30.6 Å². The number of aryl methyl sites for hydroxylation is 2. The van der Waals surface area contributed by atoms with E-state index in [2.05, 4.69) is 53.1 Å². The molecule has 1 aromatic carbocycles. The van der Waals surface area contributed by atoms with Crippen LogP contribution in [-0.4, -0.2) is 39.6 Å². The fourth-order valence-electron chi connectivity index (χ4n) is 5.22. The van der Waals surface area contributed by atoms with Gasteiger partial charge in [0.05, 0.1) is 43.7 Å². The van der Waals surface area contributed by atoms with Crippen LogP contribution in [0.3, 0.4) is 0 Å². The molecule has 7 nitrogen and oxygen atoms in total. The van der Waals surface area contributed by atoms with E-state index in [1.54, 1.807) is 0 Å². The van der Waals surface area contributed by atoms with Crippen LogP contribution < -0.4 is 5.32 Å². The molecule has 1 saturated heterocycles. The van der Waals surface area contributed by atoms with E-state index < -0.39 is 0 Å². The summed E-state index contributed by atoms with van der Waals surface area (Å²) in [5.74, 6) is -0.300. The predicted octanol–water partition coefficient (Wildman–Crippen LogP) is 4.32. The van der Waals surface area contributed by atoms with Gasteiger partial charge in [0.1, 0.15) is 0 Å². The number of carbonyl (C=O) groups is 1. The molecule has 1 aliphatic rings. The second-order valence-electron chi connectivity index (χ2n) is 9.49. The van der Waals surface area contributed by atoms with Gasteiger partial charge in [-0.3, -0.25) is 19.7 Å². The summed E-state index contributed by atoms with van der Waals surface area (Å²) in [6, 6.07) is 14.7. The first kappa shape index (κ1) is 25.9. The minimum atomic E-state index is -0.300. The molecule has 2 atom stereocenters. The number of likely N-dealkylation sites (tertiary alicyclic amines) is 1. The highest BCUT2D eigenvalue weighted by Gasteiger charge is 2.35. The first-order chi connectivity index (χ1) is 17.5. The number of benzene rings is 1. The Morgan fingerprint density at radius 2 is 1.67 bits per heavy atom. The summed E-state index contributed by atoms with van der Waals surface area (Å²) in [5.41, 5.74) is 7.62. The first-order valence-corrected chi connectivity index (χ1v) is 12.6. The van der Waals surface area contributed by atoms with Crippen molar-refractivity contribution in [2.75, 3.05) is 13.7 Å². The van der Waals surface area contributed by atoms with Gasteiger partial charge < -0.3 is 15.2 Å². The Labute approximate surface area is 213 Å². The molecule has 3 heterocycles. The highest BCUT2D eigenvalue weighted by Crippen LogP contribution is 2.43. The van der Waals surface area contributed by atoms with Crippen molar-refractivity contribution in [1.82, 2.24) is 20.2 Å². The fourth-order valence-corrected chi connectivity index (χ4v) is 5.22. The monoisotopic (exact) mass is 488 g/mol. The minimum Gasteiger partial charge on any atom is -0.468 e. The van der Waals surface area contributed by atoms with Gasteiger partial charge in [0, 0.05) is 25.5 Å². The summed E-state index contributed by atoms with van der Waals surface area (Å²) >= 11 is 0. The second-order valence-corrected chi connectivity index (χ2v) is 9.49. The molecule has 0 spiro atoms. The lowest BCUT2D eigenvalue weighted by atomic mass is 9.88. The maximum Gasteiger partial charge on any atom is 0.319 e. The quantitative estimate of drug-likeness (QED) is 0.434. The van der Waals surface area contributed by atoms with Gasteiger partial charge in [0.2, 0.25) is 0 Å². The van der Waals surface area contributed by atoms with Gasteiger partial charge >= 0.3 is 5.97 Å². The molecule has 0 radical (unpaired) electrons. The van der Waals surface area contributed by atoms with Crippen LogP contribution in [0.4, 0.5) is 0 Å². The zero-order valence-corrected chi connectivity index (χ0v) is 21.4. The van der Waals surface area contributed by atoms with Gasteiger partial charge in [-0.25, -0.2) is 0 Å². The van der Waals surface area contributed by atoms with Gasteiger partial charge in [0.15, 0.2) is 0 Å². The van der Waals surface area contributed by atoms with Crippen LogP contribution >= 0.6 is 0 Å². The molecule has 4 rings (SSSR count). The molecule has 0 bridgehead atoms. The van der Waals surface area contributed by atoms with Crippen molar-refractivity contribution in [3.63, 3.8) is 0 Å². The van der Waals surface area contributed by atoms with Gasteiger partial charge in [-0.2, -0.15) is 0 Å². The van der Waals surface area contributed by atoms with Crippen LogP contribution in [0.25, 0.3) is 0 Å². The van der Waals surface area contributed by atoms with E-state index in [9.17, 15) is 9.90 Å². The Balaban J connectivity index is 1.65. The third-order valence-corrected chi connectivity index (χ3v) is 7.11. The molecule has 7 heteroatoms. The number of esters is 1. The average molecular weight is 489 g/mol. The van der Waals surface area contributed by atoms with Crippen LogP contribution in [0.2, 0.25) is 0 Å². The van der Waals surface area contributed by atoms with Gasteiger partial charge in [0.25, 0.3) is 0 Å². The van der Waals surface area contributed by atoms with Crippen LogP contribution in [-0.2, 0) is 29.2 Å². The van der Waals surface area contributed by atoms with Crippen molar-refractivity contribution < 1.29 is 14.6 Å². The molecule has 0 aliphatic carbocycles. The Kier molecular flexibility index (Phi) is 8.80. The van der Waals surface area contributed by atoms with E-state index in [4.69, 9.17) is 9.97 Å². The lowest BCUT2D eigenvalue weighted by molar-refractivity contribution is -0.139. The van der Waals surface area contributed by atoms with Crippen molar-refractivity contribution in [1.29, 1.82) is 0 Å². The summed E-state index contributed by atoms with van der Waals surface area (Å²) in [7, 11) is 1.38. The number of methoxy groups -OCH3 is 1. The Morgan fingerprint density at radius 1 is 1.03 bits per heavy atom. The number of aromatic nitrogens is 2. The second kappa shape index (κ2) is 12.2. The molecule has 1 aliphatic heterocycles. The number of nitrogens with zero attached hydrogens (tertiary/aromatic N) is 3. The fraction of sp³-hybridized carbons (Fsp3) is 0.414. The summed E-state index contributed by atoms with van der Waals surface area (Å²) < 4.78 is 4.69. The molecular formula is C29H36N4O3. The Hall–Kier alpha value is -3.13. The lowest BCUT2D eigenvalue weighted by Gasteiger charge is -2.43. The molecule has 0 amide bonds. The number of hydrogen-bond acceptors (Lipinski definition) is 7. The van der Waals surface area contributed by atoms with Crippen LogP contribution in [0.5, 0.6) is 0 Å². The zero-order valence-electron chi connectivity index (χ0n) is 21.4. The number of piperidine rings is 1. The third kappa shape index (κ3) is 5.98. The molecule has 3 aromatic rings. The normalized spacial score (nSPS) is 18.2. The number of hydrogen-bond donors (Lipinski definition) is 2. The Bertz CT molecular complexity index is 1130. The number of aliphatic hydroxyl groups is 1. The van der Waals surface area contributed by atoms with Crippen molar-refractivity contribution in [2.24, 2.45) is 0 Å².